The minimum Gasteiger partial charge on any atom is -1.00 e. The van der Waals surface area contributed by atoms with E-state index in [2.05, 4.69) is 0 Å². The van der Waals surface area contributed by atoms with Gasteiger partial charge in [-0.25, -0.2) is 0 Å². The largest absolute Gasteiger partial charge is 3.00 e. The van der Waals surface area contributed by atoms with Gasteiger partial charge in [0.15, 0.2) is 0 Å². The predicted octanol–water partition coefficient (Wildman–Crippen LogP) is -7.95. The van der Waals surface area contributed by atoms with E-state index in [4.69, 9.17) is 0 Å². The van der Waals surface area contributed by atoms with Gasteiger partial charge in [-0.15, -0.1) is 0 Å². The first-order valence-electron chi connectivity index (χ1n) is 0. The van der Waals surface area contributed by atoms with E-state index in [1.165, 1.54) is 0 Å². The normalized spacial score (nSPS) is 0. The molecular weight excluding hydrogens is 179 g/mol. The first-order chi connectivity index (χ1) is 0. The summed E-state index contributed by atoms with van der Waals surface area (Å²) in [7, 11) is 0. The molecule has 0 saturated heterocycles. The minimum atomic E-state index is 0. The molecule has 12 N–H and O–H groups in total. The van der Waals surface area contributed by atoms with Crippen molar-refractivity contribution in [1.29, 1.82) is 0 Å². The van der Waals surface area contributed by atoms with Crippen molar-refractivity contribution in [2.45, 2.75) is 0 Å². The van der Waals surface area contributed by atoms with Crippen LogP contribution < -0.4 is 12.4 Å². The van der Waals surface area contributed by atoms with Crippen LogP contribution in [0.4, 0.5) is 0 Å². The maximum absolute atomic E-state index is 0. The van der Waals surface area contributed by atoms with Crippen LogP contribution in [0.5, 0.6) is 0 Å². The molecule has 8 heteroatoms. The van der Waals surface area contributed by atoms with Crippen LogP contribution in [0.1, 0.15) is 0 Å². The van der Waals surface area contributed by atoms with Gasteiger partial charge >= 0.3 is 21.7 Å². The molecule has 8 heavy (non-hydrogen) atoms. The van der Waals surface area contributed by atoms with Crippen LogP contribution in [0, 0.1) is 0 Å². The van der Waals surface area contributed by atoms with E-state index in [9.17, 15) is 0 Å². The standard InChI is InChI=1S/ClH.6H2O.Ti/h1H;6*1H2;/q;;;;;;;+3/p-1. The molecule has 0 bridgehead atoms. The third-order valence-electron chi connectivity index (χ3n) is 0. The van der Waals surface area contributed by atoms with Crippen LogP contribution in [0.3, 0.4) is 0 Å². The van der Waals surface area contributed by atoms with Crippen molar-refractivity contribution >= 4 is 0 Å². The van der Waals surface area contributed by atoms with Crippen molar-refractivity contribution < 1.29 is 67.0 Å². The molecule has 0 rings (SSSR count). The molecule has 0 aromatic carbocycles. The van der Waals surface area contributed by atoms with Crippen LogP contribution >= 0.6 is 0 Å². The monoisotopic (exact) mass is 191 g/mol. The van der Waals surface area contributed by atoms with Crippen LogP contribution in [-0.2, 0) is 21.7 Å². The first-order valence-corrected chi connectivity index (χ1v) is 0. The summed E-state index contributed by atoms with van der Waals surface area (Å²) >= 11 is 0. The Morgan fingerprint density at radius 3 is 0.375 bits per heavy atom. The summed E-state index contributed by atoms with van der Waals surface area (Å²) in [4.78, 5) is 0. The molecule has 0 atom stereocenters. The molecule has 57 valence electrons. The summed E-state index contributed by atoms with van der Waals surface area (Å²) in [5, 5.41) is 0. The number of halogens is 1. The van der Waals surface area contributed by atoms with Crippen molar-refractivity contribution in [3.63, 3.8) is 0 Å². The Labute approximate surface area is 67.4 Å². The summed E-state index contributed by atoms with van der Waals surface area (Å²) < 4.78 is 0. The van der Waals surface area contributed by atoms with E-state index in [1.807, 2.05) is 0 Å². The molecule has 0 spiro atoms. The van der Waals surface area contributed by atoms with Gasteiger partial charge in [-0.1, -0.05) is 0 Å². The molecule has 0 unspecified atom stereocenters. The zero-order valence-corrected chi connectivity index (χ0v) is 6.20. The van der Waals surface area contributed by atoms with Crippen molar-refractivity contribution in [1.82, 2.24) is 0 Å². The third-order valence-corrected chi connectivity index (χ3v) is 0. The van der Waals surface area contributed by atoms with Gasteiger partial charge in [-0.2, -0.15) is 0 Å². The van der Waals surface area contributed by atoms with Gasteiger partial charge in [0.05, 0.1) is 0 Å². The van der Waals surface area contributed by atoms with E-state index >= 15 is 0 Å². The van der Waals surface area contributed by atoms with Gasteiger partial charge in [0, 0.05) is 0 Å². The molecule has 0 aliphatic heterocycles. The number of rotatable bonds is 0. The smallest absolute Gasteiger partial charge is 1.00 e. The van der Waals surface area contributed by atoms with Crippen LogP contribution in [0.2, 0.25) is 0 Å². The maximum Gasteiger partial charge on any atom is 3.00 e. The van der Waals surface area contributed by atoms with Crippen LogP contribution in [0.15, 0.2) is 0 Å². The van der Waals surface area contributed by atoms with Crippen molar-refractivity contribution in [2.75, 3.05) is 0 Å². The van der Waals surface area contributed by atoms with E-state index in [0.29, 0.717) is 0 Å². The Balaban J connectivity index is 0. The minimum absolute atomic E-state index is 0. The second-order valence-corrected chi connectivity index (χ2v) is 0. The molecule has 0 aromatic rings. The molecular formula is H12ClO6Ti+2. The van der Waals surface area contributed by atoms with Crippen LogP contribution in [0.25, 0.3) is 0 Å². The second kappa shape index (κ2) is 608. The van der Waals surface area contributed by atoms with Gasteiger partial charge < -0.3 is 45.3 Å². The zero-order valence-electron chi connectivity index (χ0n) is 3.88. The molecule has 6 nitrogen and oxygen atoms in total. The Kier molecular flexibility index (Phi) is 68800. The van der Waals surface area contributed by atoms with E-state index in [-0.39, 0.29) is 67.0 Å². The maximum atomic E-state index is 0. The summed E-state index contributed by atoms with van der Waals surface area (Å²) in [5.41, 5.74) is 0. The quantitative estimate of drug-likeness (QED) is 0.329. The van der Waals surface area contributed by atoms with Gasteiger partial charge in [0.25, 0.3) is 0 Å². The molecule has 0 aliphatic carbocycles. The molecule has 0 heterocycles. The molecule has 0 saturated carbocycles. The number of hydrogen-bond acceptors (Lipinski definition) is 0. The summed E-state index contributed by atoms with van der Waals surface area (Å²) in [6.07, 6.45) is 0. The predicted molar refractivity (Wildman–Crippen MR) is 21.7 cm³/mol. The van der Waals surface area contributed by atoms with Gasteiger partial charge in [0.1, 0.15) is 0 Å². The Morgan fingerprint density at radius 2 is 0.375 bits per heavy atom. The van der Waals surface area contributed by atoms with Gasteiger partial charge in [0.2, 0.25) is 0 Å². The van der Waals surface area contributed by atoms with Gasteiger partial charge in [-0.3, -0.25) is 0 Å². The number of hydrogen-bond donors (Lipinski definition) is 0. The van der Waals surface area contributed by atoms with E-state index < -0.39 is 0 Å². The Hall–Kier alpha value is 0.764. The fraction of sp³-hybridized carbons (Fsp3) is 0. The molecule has 1 radical (unpaired) electrons. The van der Waals surface area contributed by atoms with Crippen molar-refractivity contribution in [2.24, 2.45) is 0 Å². The van der Waals surface area contributed by atoms with Gasteiger partial charge in [-0.05, 0) is 0 Å². The third kappa shape index (κ3) is 385. The fourth-order valence-electron chi connectivity index (χ4n) is 0. The molecule has 0 amide bonds. The van der Waals surface area contributed by atoms with E-state index in [1.54, 1.807) is 0 Å². The average Bonchev–Trinajstić information content (AvgIpc) is 0. The zero-order chi connectivity index (χ0) is 0. The van der Waals surface area contributed by atoms with Crippen molar-refractivity contribution in [3.8, 4) is 0 Å². The summed E-state index contributed by atoms with van der Waals surface area (Å²) in [5.74, 6) is 0. The summed E-state index contributed by atoms with van der Waals surface area (Å²) in [6.45, 7) is 0. The SMILES string of the molecule is O.O.O.O.O.O.[Cl-].[Ti+3]. The first kappa shape index (κ1) is 904. The fourth-order valence-corrected chi connectivity index (χ4v) is 0. The average molecular weight is 191 g/mol. The second-order valence-electron chi connectivity index (χ2n) is 0. The Morgan fingerprint density at radius 1 is 0.375 bits per heavy atom. The molecule has 0 fully saturated rings. The Bertz CT molecular complexity index is 8.49. The van der Waals surface area contributed by atoms with Crippen LogP contribution in [-0.4, -0.2) is 32.9 Å². The summed E-state index contributed by atoms with van der Waals surface area (Å²) in [6, 6.07) is 0. The molecule has 0 aliphatic rings. The van der Waals surface area contributed by atoms with Crippen molar-refractivity contribution in [3.05, 3.63) is 0 Å². The molecule has 0 aromatic heterocycles. The topological polar surface area (TPSA) is 189 Å². The van der Waals surface area contributed by atoms with E-state index in [0.717, 1.165) is 0 Å².